The Labute approximate surface area is 106 Å². The van der Waals surface area contributed by atoms with Crippen molar-refractivity contribution in [2.45, 2.75) is 46.2 Å². The van der Waals surface area contributed by atoms with Gasteiger partial charge < -0.3 is 5.32 Å². The molecule has 0 bridgehead atoms. The van der Waals surface area contributed by atoms with Crippen LogP contribution in [0.4, 0.5) is 5.00 Å². The molecule has 0 aliphatic carbocycles. The molecule has 0 radical (unpaired) electrons. The smallest absolute Gasteiger partial charge is 0.309 e. The van der Waals surface area contributed by atoms with Crippen LogP contribution in [0.15, 0.2) is 12.1 Å². The maximum atomic E-state index is 10.5. The Morgan fingerprint density at radius 3 is 2.53 bits per heavy atom. The Bertz CT molecular complexity index is 361. The molecule has 1 aromatic rings. The number of thiophene rings is 1. The van der Waals surface area contributed by atoms with E-state index in [0.717, 1.165) is 24.3 Å². The molecule has 5 heteroatoms. The zero-order valence-electron chi connectivity index (χ0n) is 10.6. The van der Waals surface area contributed by atoms with Gasteiger partial charge in [-0.2, -0.15) is 0 Å². The molecule has 1 heterocycles. The average Bonchev–Trinajstić information content (AvgIpc) is 2.76. The summed E-state index contributed by atoms with van der Waals surface area (Å²) in [6.07, 6.45) is 2.32. The molecular weight excluding hydrogens is 236 g/mol. The Kier molecular flexibility index (Phi) is 5.58. The lowest BCUT2D eigenvalue weighted by Crippen LogP contribution is -2.32. The number of hydrogen-bond acceptors (Lipinski definition) is 4. The molecule has 96 valence electrons. The summed E-state index contributed by atoms with van der Waals surface area (Å²) in [4.78, 5) is 11.2. The fourth-order valence-electron chi connectivity index (χ4n) is 1.98. The van der Waals surface area contributed by atoms with Crippen molar-refractivity contribution in [1.29, 1.82) is 0 Å². The molecule has 1 N–H and O–H groups in total. The van der Waals surface area contributed by atoms with Gasteiger partial charge >= 0.3 is 5.00 Å². The number of rotatable bonds is 7. The molecule has 0 aliphatic heterocycles. The lowest BCUT2D eigenvalue weighted by molar-refractivity contribution is -0.380. The van der Waals surface area contributed by atoms with E-state index in [1.54, 1.807) is 6.07 Å². The number of nitro groups is 1. The number of nitrogens with one attached hydrogen (secondary N) is 1. The topological polar surface area (TPSA) is 55.2 Å². The van der Waals surface area contributed by atoms with Crippen molar-refractivity contribution >= 4 is 16.3 Å². The van der Waals surface area contributed by atoms with Gasteiger partial charge in [0.05, 0.1) is 4.92 Å². The third-order valence-corrected chi connectivity index (χ3v) is 4.22. The largest absolute Gasteiger partial charge is 0.324 e. The summed E-state index contributed by atoms with van der Waals surface area (Å²) in [6.45, 7) is 7.29. The summed E-state index contributed by atoms with van der Waals surface area (Å²) in [6, 6.07) is 3.85. The van der Waals surface area contributed by atoms with Gasteiger partial charge in [-0.3, -0.25) is 10.1 Å². The summed E-state index contributed by atoms with van der Waals surface area (Å²) >= 11 is 1.25. The minimum absolute atomic E-state index is 0.219. The van der Waals surface area contributed by atoms with E-state index in [2.05, 4.69) is 26.1 Å². The van der Waals surface area contributed by atoms with E-state index in [1.165, 1.54) is 11.3 Å². The van der Waals surface area contributed by atoms with E-state index in [-0.39, 0.29) is 9.92 Å². The zero-order valence-corrected chi connectivity index (χ0v) is 11.4. The van der Waals surface area contributed by atoms with Crippen LogP contribution in [-0.4, -0.2) is 11.0 Å². The van der Waals surface area contributed by atoms with Gasteiger partial charge in [0.15, 0.2) is 0 Å². The fraction of sp³-hybridized carbons (Fsp3) is 0.667. The van der Waals surface area contributed by atoms with Crippen LogP contribution in [0, 0.1) is 16.0 Å². The minimum atomic E-state index is -0.335. The summed E-state index contributed by atoms with van der Waals surface area (Å²) < 4.78 is 0. The van der Waals surface area contributed by atoms with Crippen molar-refractivity contribution in [1.82, 2.24) is 5.32 Å². The number of hydrogen-bond donors (Lipinski definition) is 1. The number of nitrogens with zero attached hydrogens (tertiary/aromatic N) is 1. The van der Waals surface area contributed by atoms with Crippen LogP contribution in [0.25, 0.3) is 0 Å². The predicted octanol–water partition coefficient (Wildman–Crippen LogP) is 3.57. The molecule has 0 aromatic carbocycles. The standard InChI is InChI=1S/C12H20N2O2S/c1-4-10(5-2)9(3)13-8-11-6-7-12(17-11)14(15)16/h6-7,9-10,13H,4-5,8H2,1-3H3. The molecular formula is C12H20N2O2S. The second-order valence-electron chi connectivity index (χ2n) is 4.24. The summed E-state index contributed by atoms with van der Waals surface area (Å²) in [5.74, 6) is 0.671. The van der Waals surface area contributed by atoms with Crippen LogP contribution in [0.1, 0.15) is 38.5 Å². The Morgan fingerprint density at radius 1 is 1.41 bits per heavy atom. The van der Waals surface area contributed by atoms with Crippen molar-refractivity contribution in [3.05, 3.63) is 27.1 Å². The first-order chi connectivity index (χ1) is 8.08. The van der Waals surface area contributed by atoms with Crippen LogP contribution in [0.3, 0.4) is 0 Å². The highest BCUT2D eigenvalue weighted by molar-refractivity contribution is 7.15. The average molecular weight is 256 g/mol. The van der Waals surface area contributed by atoms with Gasteiger partial charge in [0.25, 0.3) is 0 Å². The molecule has 1 atom stereocenters. The predicted molar refractivity (Wildman–Crippen MR) is 71.3 cm³/mol. The summed E-state index contributed by atoms with van der Waals surface area (Å²) in [5, 5.41) is 14.2. The van der Waals surface area contributed by atoms with Gasteiger partial charge in [-0.25, -0.2) is 0 Å². The van der Waals surface area contributed by atoms with E-state index < -0.39 is 0 Å². The van der Waals surface area contributed by atoms with E-state index in [1.807, 2.05) is 6.07 Å². The second-order valence-corrected chi connectivity index (χ2v) is 5.39. The SMILES string of the molecule is CCC(CC)C(C)NCc1ccc([N+](=O)[O-])s1. The Balaban J connectivity index is 2.46. The van der Waals surface area contributed by atoms with Crippen molar-refractivity contribution in [2.75, 3.05) is 0 Å². The second kappa shape index (κ2) is 6.71. The van der Waals surface area contributed by atoms with E-state index in [9.17, 15) is 10.1 Å². The molecule has 0 spiro atoms. The molecule has 0 saturated carbocycles. The van der Waals surface area contributed by atoms with Gasteiger partial charge in [0.1, 0.15) is 0 Å². The van der Waals surface area contributed by atoms with Crippen molar-refractivity contribution in [3.8, 4) is 0 Å². The van der Waals surface area contributed by atoms with Gasteiger partial charge in [-0.1, -0.05) is 38.0 Å². The van der Waals surface area contributed by atoms with E-state index >= 15 is 0 Å². The van der Waals surface area contributed by atoms with Gasteiger partial charge in [0, 0.05) is 23.5 Å². The monoisotopic (exact) mass is 256 g/mol. The van der Waals surface area contributed by atoms with Crippen molar-refractivity contribution in [3.63, 3.8) is 0 Å². The summed E-state index contributed by atoms with van der Waals surface area (Å²) in [5.41, 5.74) is 0. The first-order valence-electron chi connectivity index (χ1n) is 6.04. The molecule has 17 heavy (non-hydrogen) atoms. The molecule has 0 aliphatic rings. The van der Waals surface area contributed by atoms with E-state index in [0.29, 0.717) is 12.0 Å². The fourth-order valence-corrected chi connectivity index (χ4v) is 2.75. The van der Waals surface area contributed by atoms with Crippen LogP contribution in [0.2, 0.25) is 0 Å². The Morgan fingerprint density at radius 2 is 2.06 bits per heavy atom. The van der Waals surface area contributed by atoms with Crippen molar-refractivity contribution < 1.29 is 4.92 Å². The van der Waals surface area contributed by atoms with Crippen LogP contribution in [-0.2, 0) is 6.54 Å². The molecule has 0 amide bonds. The van der Waals surface area contributed by atoms with Gasteiger partial charge in [0.2, 0.25) is 0 Å². The quantitative estimate of drug-likeness (QED) is 0.599. The molecule has 1 rings (SSSR count). The highest BCUT2D eigenvalue weighted by Crippen LogP contribution is 2.24. The Hall–Kier alpha value is -0.940. The lowest BCUT2D eigenvalue weighted by Gasteiger charge is -2.22. The van der Waals surface area contributed by atoms with Crippen molar-refractivity contribution in [2.24, 2.45) is 5.92 Å². The highest BCUT2D eigenvalue weighted by atomic mass is 32.1. The molecule has 4 nitrogen and oxygen atoms in total. The maximum Gasteiger partial charge on any atom is 0.324 e. The lowest BCUT2D eigenvalue weighted by atomic mass is 9.95. The van der Waals surface area contributed by atoms with E-state index in [4.69, 9.17) is 0 Å². The molecule has 0 fully saturated rings. The molecule has 0 saturated heterocycles. The first-order valence-corrected chi connectivity index (χ1v) is 6.86. The zero-order chi connectivity index (χ0) is 12.8. The van der Waals surface area contributed by atoms with Crippen LogP contribution >= 0.6 is 11.3 Å². The maximum absolute atomic E-state index is 10.5. The van der Waals surface area contributed by atoms with Crippen LogP contribution < -0.4 is 5.32 Å². The highest BCUT2D eigenvalue weighted by Gasteiger charge is 2.14. The third-order valence-electron chi connectivity index (χ3n) is 3.18. The minimum Gasteiger partial charge on any atom is -0.309 e. The van der Waals surface area contributed by atoms with Gasteiger partial charge in [-0.05, 0) is 18.9 Å². The molecule has 1 aromatic heterocycles. The van der Waals surface area contributed by atoms with Gasteiger partial charge in [-0.15, -0.1) is 0 Å². The summed E-state index contributed by atoms with van der Waals surface area (Å²) in [7, 11) is 0. The first kappa shape index (κ1) is 14.1. The normalized spacial score (nSPS) is 12.9. The third kappa shape index (κ3) is 4.09. The molecule has 1 unspecified atom stereocenters. The van der Waals surface area contributed by atoms with Crippen LogP contribution in [0.5, 0.6) is 0 Å².